The van der Waals surface area contributed by atoms with Crippen LogP contribution in [0.25, 0.3) is 0 Å². The first-order valence-corrected chi connectivity index (χ1v) is 9.79. The predicted octanol–water partition coefficient (Wildman–Crippen LogP) is 5.23. The van der Waals surface area contributed by atoms with Crippen molar-refractivity contribution in [3.05, 3.63) is 45.6 Å². The van der Waals surface area contributed by atoms with Crippen molar-refractivity contribution in [1.82, 2.24) is 8.61 Å². The Bertz CT molecular complexity index is 764. The number of halogens is 2. The number of rotatable bonds is 3. The molecule has 1 atom stereocenters. The fraction of sp³-hybridized carbons (Fsp3) is 0.444. The smallest absolute Gasteiger partial charge is 0.425 e. The Kier molecular flexibility index (Phi) is 7.08. The first-order valence-electron chi connectivity index (χ1n) is 8.30. The molecule has 1 aromatic carbocycles. The molecule has 0 aliphatic carbocycles. The van der Waals surface area contributed by atoms with Gasteiger partial charge in [0.2, 0.25) is 0 Å². The van der Waals surface area contributed by atoms with Gasteiger partial charge in [0, 0.05) is 23.3 Å². The Morgan fingerprint density at radius 1 is 1.26 bits per heavy atom. The molecule has 0 bridgehead atoms. The van der Waals surface area contributed by atoms with E-state index in [-0.39, 0.29) is 12.2 Å². The van der Waals surface area contributed by atoms with E-state index in [1.165, 1.54) is 10.5 Å². The van der Waals surface area contributed by atoms with Gasteiger partial charge in [-0.05, 0) is 45.4 Å². The van der Waals surface area contributed by atoms with Crippen LogP contribution in [-0.2, 0) is 14.3 Å². The van der Waals surface area contributed by atoms with Crippen molar-refractivity contribution < 1.29 is 19.1 Å². The van der Waals surface area contributed by atoms with Crippen molar-refractivity contribution in [2.45, 2.75) is 39.3 Å². The lowest BCUT2D eigenvalue weighted by molar-refractivity contribution is -0.139. The maximum atomic E-state index is 12.6. The molecule has 1 unspecified atom stereocenters. The van der Waals surface area contributed by atoms with Gasteiger partial charge < -0.3 is 9.47 Å². The lowest BCUT2D eigenvalue weighted by atomic mass is 9.99. The molecule has 6 nitrogen and oxygen atoms in total. The quantitative estimate of drug-likeness (QED) is 0.481. The summed E-state index contributed by atoms with van der Waals surface area (Å²) in [6.45, 7) is 7.25. The fourth-order valence-corrected chi connectivity index (χ4v) is 3.84. The minimum atomic E-state index is -0.662. The second kappa shape index (κ2) is 8.73. The van der Waals surface area contributed by atoms with E-state index in [4.69, 9.17) is 32.7 Å². The predicted molar refractivity (Wildman–Crippen MR) is 107 cm³/mol. The Hall–Kier alpha value is -1.41. The summed E-state index contributed by atoms with van der Waals surface area (Å²) in [6, 6.07) is 4.55. The molecule has 0 radical (unpaired) electrons. The van der Waals surface area contributed by atoms with Gasteiger partial charge in [-0.25, -0.2) is 18.2 Å². The fourth-order valence-electron chi connectivity index (χ4n) is 2.46. The van der Waals surface area contributed by atoms with E-state index in [0.717, 1.165) is 12.1 Å². The molecule has 0 spiro atoms. The third-order valence-electron chi connectivity index (χ3n) is 3.47. The van der Waals surface area contributed by atoms with Crippen LogP contribution in [0, 0.1) is 0 Å². The van der Waals surface area contributed by atoms with Crippen molar-refractivity contribution in [2.75, 3.05) is 13.7 Å². The molecule has 9 heteroatoms. The monoisotopic (exact) mass is 432 g/mol. The van der Waals surface area contributed by atoms with E-state index >= 15 is 0 Å². The van der Waals surface area contributed by atoms with E-state index in [0.29, 0.717) is 15.6 Å². The van der Waals surface area contributed by atoms with Gasteiger partial charge in [0.05, 0.1) is 30.4 Å². The lowest BCUT2D eigenvalue weighted by Crippen LogP contribution is -2.38. The molecule has 1 heterocycles. The molecule has 148 valence electrons. The van der Waals surface area contributed by atoms with E-state index in [1.54, 1.807) is 57.2 Å². The molecule has 2 rings (SSSR count). The SMILES string of the molecule is CCOC(=O)C1=CN(C(=O)OC(C)(C)C)SN(C)C1c1ccc(Cl)cc1Cl. The van der Waals surface area contributed by atoms with Crippen molar-refractivity contribution >= 4 is 47.4 Å². The zero-order valence-electron chi connectivity index (χ0n) is 15.8. The standard InChI is InChI=1S/C18H22Cl2N2O4S/c1-6-25-16(23)13-10-22(17(24)26-18(2,3)4)27-21(5)15(13)12-8-7-11(19)9-14(12)20/h7-10,15H,6H2,1-5H3. The molecule has 0 saturated carbocycles. The maximum Gasteiger partial charge on any atom is 0.425 e. The van der Waals surface area contributed by atoms with Gasteiger partial charge in [0.1, 0.15) is 5.60 Å². The molecule has 1 aliphatic heterocycles. The summed E-state index contributed by atoms with van der Waals surface area (Å²) >= 11 is 13.5. The van der Waals surface area contributed by atoms with Crippen LogP contribution in [0.1, 0.15) is 39.3 Å². The molecule has 1 aromatic rings. The zero-order valence-corrected chi connectivity index (χ0v) is 18.1. The third kappa shape index (κ3) is 5.54. The second-order valence-electron chi connectivity index (χ2n) is 6.81. The van der Waals surface area contributed by atoms with Gasteiger partial charge >= 0.3 is 12.1 Å². The van der Waals surface area contributed by atoms with Crippen LogP contribution >= 0.6 is 35.3 Å². The zero-order chi connectivity index (χ0) is 20.4. The molecule has 1 aliphatic rings. The summed E-state index contributed by atoms with van der Waals surface area (Å²) in [7, 11) is 1.75. The van der Waals surface area contributed by atoms with Gasteiger partial charge in [-0.2, -0.15) is 0 Å². The molecule has 0 saturated heterocycles. The Labute approximate surface area is 173 Å². The number of amides is 1. The van der Waals surface area contributed by atoms with E-state index in [1.807, 2.05) is 0 Å². The van der Waals surface area contributed by atoms with Crippen LogP contribution in [0.4, 0.5) is 4.79 Å². The molecule has 0 N–H and O–H groups in total. The van der Waals surface area contributed by atoms with Gasteiger partial charge in [-0.3, -0.25) is 0 Å². The lowest BCUT2D eigenvalue weighted by Gasteiger charge is -2.37. The molecule has 0 fully saturated rings. The number of hydrogen-bond acceptors (Lipinski definition) is 6. The largest absolute Gasteiger partial charge is 0.463 e. The summed E-state index contributed by atoms with van der Waals surface area (Å²) in [4.78, 5) is 25.0. The van der Waals surface area contributed by atoms with E-state index < -0.39 is 23.7 Å². The highest BCUT2D eigenvalue weighted by atomic mass is 35.5. The first-order chi connectivity index (χ1) is 12.5. The van der Waals surface area contributed by atoms with Gasteiger partial charge in [0.25, 0.3) is 0 Å². The summed E-state index contributed by atoms with van der Waals surface area (Å²) in [6.07, 6.45) is 0.855. The highest BCUT2D eigenvalue weighted by Gasteiger charge is 2.37. The topological polar surface area (TPSA) is 59.1 Å². The number of likely N-dealkylation sites (N-methyl/N-ethyl adjacent to an activating group) is 1. The average molecular weight is 433 g/mol. The number of carbonyl (C=O) groups excluding carboxylic acids is 2. The third-order valence-corrected chi connectivity index (χ3v) is 4.93. The molecule has 1 amide bonds. The van der Waals surface area contributed by atoms with Gasteiger partial charge in [-0.1, -0.05) is 29.3 Å². The van der Waals surface area contributed by atoms with Crippen LogP contribution in [0.15, 0.2) is 30.0 Å². The Morgan fingerprint density at radius 3 is 2.48 bits per heavy atom. The minimum absolute atomic E-state index is 0.209. The number of esters is 1. The maximum absolute atomic E-state index is 12.6. The van der Waals surface area contributed by atoms with Crippen molar-refractivity contribution in [1.29, 1.82) is 0 Å². The number of nitrogens with zero attached hydrogens (tertiary/aromatic N) is 2. The van der Waals surface area contributed by atoms with Crippen LogP contribution in [-0.4, -0.2) is 39.9 Å². The first kappa shape index (κ1) is 21.9. The van der Waals surface area contributed by atoms with Crippen LogP contribution < -0.4 is 0 Å². The van der Waals surface area contributed by atoms with Crippen molar-refractivity contribution in [3.8, 4) is 0 Å². The molecular weight excluding hydrogens is 411 g/mol. The highest BCUT2D eigenvalue weighted by Crippen LogP contribution is 2.42. The summed E-state index contributed by atoms with van der Waals surface area (Å²) in [5, 5.41) is 0.910. The van der Waals surface area contributed by atoms with Crippen LogP contribution in [0.5, 0.6) is 0 Å². The molecule has 0 aromatic heterocycles. The molecule has 27 heavy (non-hydrogen) atoms. The van der Waals surface area contributed by atoms with Crippen molar-refractivity contribution in [3.63, 3.8) is 0 Å². The number of hydrogen-bond donors (Lipinski definition) is 0. The van der Waals surface area contributed by atoms with Crippen molar-refractivity contribution in [2.24, 2.45) is 0 Å². The van der Waals surface area contributed by atoms with Crippen LogP contribution in [0.3, 0.4) is 0 Å². The summed E-state index contributed by atoms with van der Waals surface area (Å²) in [5.41, 5.74) is 0.289. The average Bonchev–Trinajstić information content (AvgIpc) is 2.53. The van der Waals surface area contributed by atoms with Crippen LogP contribution in [0.2, 0.25) is 10.0 Å². The second-order valence-corrected chi connectivity index (χ2v) is 8.78. The summed E-state index contributed by atoms with van der Waals surface area (Å²) < 4.78 is 13.6. The Morgan fingerprint density at radius 2 is 1.93 bits per heavy atom. The molecular formula is C18H22Cl2N2O4S. The normalized spacial score (nSPS) is 18.1. The number of carbonyl (C=O) groups is 2. The van der Waals surface area contributed by atoms with E-state index in [9.17, 15) is 9.59 Å². The van der Waals surface area contributed by atoms with E-state index in [2.05, 4.69) is 0 Å². The van der Waals surface area contributed by atoms with Gasteiger partial charge in [0.15, 0.2) is 0 Å². The highest BCUT2D eigenvalue weighted by molar-refractivity contribution is 7.95. The minimum Gasteiger partial charge on any atom is -0.463 e. The number of ether oxygens (including phenoxy) is 2. The Balaban J connectivity index is 2.46. The number of benzene rings is 1. The summed E-state index contributed by atoms with van der Waals surface area (Å²) in [5.74, 6) is -0.533. The van der Waals surface area contributed by atoms with Gasteiger partial charge in [-0.15, -0.1) is 0 Å².